The highest BCUT2D eigenvalue weighted by Gasteiger charge is 2.33. The fraction of sp³-hybridized carbons (Fsp3) is 0.276. The molecule has 0 unspecified atom stereocenters. The van der Waals surface area contributed by atoms with Crippen LogP contribution >= 0.6 is 0 Å². The van der Waals surface area contributed by atoms with Crippen molar-refractivity contribution in [2.24, 2.45) is 11.7 Å². The van der Waals surface area contributed by atoms with Gasteiger partial charge in [0.05, 0.1) is 0 Å². The number of amides is 3. The van der Waals surface area contributed by atoms with Gasteiger partial charge in [-0.1, -0.05) is 105 Å². The second-order valence-electron chi connectivity index (χ2n) is 9.08. The lowest BCUT2D eigenvalue weighted by Gasteiger charge is -2.29. The molecule has 0 aromatic heterocycles. The summed E-state index contributed by atoms with van der Waals surface area (Å²) in [4.78, 5) is 38.5. The number of carbonyl (C=O) groups excluding carboxylic acids is 3. The van der Waals surface area contributed by atoms with Gasteiger partial charge in [0.2, 0.25) is 11.8 Å². The molecule has 0 spiro atoms. The predicted molar refractivity (Wildman–Crippen MR) is 139 cm³/mol. The SMILES string of the molecule is CC(C)C[C@H](NC(=O)OCc1ccccc1)C(=O)N[C@H](C(N)=O)C(c1ccccc1)c1ccccc1. The van der Waals surface area contributed by atoms with E-state index in [1.54, 1.807) is 0 Å². The van der Waals surface area contributed by atoms with E-state index >= 15 is 0 Å². The number of carbonyl (C=O) groups is 3. The Bertz CT molecular complexity index is 1080. The minimum Gasteiger partial charge on any atom is -0.445 e. The number of ether oxygens (including phenoxy) is 1. The van der Waals surface area contributed by atoms with Gasteiger partial charge in [-0.25, -0.2) is 4.79 Å². The summed E-state index contributed by atoms with van der Waals surface area (Å²) in [6.45, 7) is 3.97. The lowest BCUT2D eigenvalue weighted by molar-refractivity contribution is -0.129. The Kier molecular flexibility index (Phi) is 9.63. The van der Waals surface area contributed by atoms with Crippen LogP contribution in [0.4, 0.5) is 4.79 Å². The largest absolute Gasteiger partial charge is 0.445 e. The maximum atomic E-state index is 13.4. The van der Waals surface area contributed by atoms with Gasteiger partial charge in [0.1, 0.15) is 18.7 Å². The van der Waals surface area contributed by atoms with Crippen molar-refractivity contribution >= 4 is 17.9 Å². The highest BCUT2D eigenvalue weighted by Crippen LogP contribution is 2.28. The summed E-state index contributed by atoms with van der Waals surface area (Å²) in [6.07, 6.45) is -0.350. The molecule has 3 rings (SSSR count). The Morgan fingerprint density at radius 2 is 1.28 bits per heavy atom. The van der Waals surface area contributed by atoms with Gasteiger partial charge in [-0.05, 0) is 29.0 Å². The van der Waals surface area contributed by atoms with Crippen molar-refractivity contribution < 1.29 is 19.1 Å². The van der Waals surface area contributed by atoms with E-state index in [-0.39, 0.29) is 12.5 Å². The normalized spacial score (nSPS) is 12.6. The summed E-state index contributed by atoms with van der Waals surface area (Å²) in [5, 5.41) is 5.47. The Hall–Kier alpha value is -4.13. The Morgan fingerprint density at radius 3 is 1.75 bits per heavy atom. The number of alkyl carbamates (subject to hydrolysis) is 1. The van der Waals surface area contributed by atoms with Crippen LogP contribution < -0.4 is 16.4 Å². The van der Waals surface area contributed by atoms with E-state index in [9.17, 15) is 14.4 Å². The quantitative estimate of drug-likeness (QED) is 0.378. The van der Waals surface area contributed by atoms with Crippen molar-refractivity contribution in [2.75, 3.05) is 0 Å². The number of nitrogens with one attached hydrogen (secondary N) is 2. The van der Waals surface area contributed by atoms with E-state index in [4.69, 9.17) is 10.5 Å². The van der Waals surface area contributed by atoms with Gasteiger partial charge in [0.25, 0.3) is 0 Å². The first kappa shape index (κ1) is 26.5. The van der Waals surface area contributed by atoms with Crippen LogP contribution in [0.5, 0.6) is 0 Å². The van der Waals surface area contributed by atoms with Gasteiger partial charge in [-0.3, -0.25) is 9.59 Å². The summed E-state index contributed by atoms with van der Waals surface area (Å²) in [7, 11) is 0. The maximum Gasteiger partial charge on any atom is 0.408 e. The number of primary amides is 1. The molecule has 188 valence electrons. The van der Waals surface area contributed by atoms with Gasteiger partial charge in [-0.15, -0.1) is 0 Å². The summed E-state index contributed by atoms with van der Waals surface area (Å²) in [5.74, 6) is -1.57. The zero-order valence-electron chi connectivity index (χ0n) is 20.6. The van der Waals surface area contributed by atoms with Crippen molar-refractivity contribution in [2.45, 2.75) is 44.9 Å². The highest BCUT2D eigenvalue weighted by molar-refractivity contribution is 5.91. The van der Waals surface area contributed by atoms with Crippen molar-refractivity contribution in [1.29, 1.82) is 0 Å². The number of hydrogen-bond acceptors (Lipinski definition) is 4. The molecule has 0 aliphatic carbocycles. The van der Waals surface area contributed by atoms with Gasteiger partial charge >= 0.3 is 6.09 Å². The number of benzene rings is 3. The van der Waals surface area contributed by atoms with E-state index in [1.807, 2.05) is 105 Å². The van der Waals surface area contributed by atoms with Gasteiger partial charge in [0.15, 0.2) is 0 Å². The average Bonchev–Trinajstić information content (AvgIpc) is 2.88. The Balaban J connectivity index is 1.79. The molecule has 4 N–H and O–H groups in total. The molecule has 7 nitrogen and oxygen atoms in total. The molecule has 3 aromatic rings. The summed E-state index contributed by atoms with van der Waals surface area (Å²) in [6, 6.07) is 26.2. The lowest BCUT2D eigenvalue weighted by Crippen LogP contribution is -2.55. The molecule has 0 saturated heterocycles. The minimum absolute atomic E-state index is 0.0800. The zero-order chi connectivity index (χ0) is 25.9. The number of nitrogens with two attached hydrogens (primary N) is 1. The van der Waals surface area contributed by atoms with Gasteiger partial charge < -0.3 is 21.1 Å². The first-order valence-electron chi connectivity index (χ1n) is 12.0. The molecule has 2 atom stereocenters. The topological polar surface area (TPSA) is 111 Å². The molecule has 0 aliphatic rings. The van der Waals surface area contributed by atoms with Crippen LogP contribution in [0.15, 0.2) is 91.0 Å². The second-order valence-corrected chi connectivity index (χ2v) is 9.08. The summed E-state index contributed by atoms with van der Waals surface area (Å²) >= 11 is 0. The van der Waals surface area contributed by atoms with Crippen molar-refractivity contribution in [1.82, 2.24) is 10.6 Å². The van der Waals surface area contributed by atoms with Crippen LogP contribution in [0.2, 0.25) is 0 Å². The first-order valence-corrected chi connectivity index (χ1v) is 12.0. The third-order valence-corrected chi connectivity index (χ3v) is 5.78. The molecular weight excluding hydrogens is 454 g/mol. The third kappa shape index (κ3) is 7.70. The fourth-order valence-electron chi connectivity index (χ4n) is 4.08. The molecule has 0 aliphatic heterocycles. The monoisotopic (exact) mass is 487 g/mol. The van der Waals surface area contributed by atoms with E-state index in [2.05, 4.69) is 10.6 Å². The first-order chi connectivity index (χ1) is 17.3. The smallest absolute Gasteiger partial charge is 0.408 e. The number of rotatable bonds is 11. The summed E-state index contributed by atoms with van der Waals surface area (Å²) in [5.41, 5.74) is 8.32. The van der Waals surface area contributed by atoms with Crippen LogP contribution in [0.25, 0.3) is 0 Å². The van der Waals surface area contributed by atoms with Crippen LogP contribution in [0.3, 0.4) is 0 Å². The lowest BCUT2D eigenvalue weighted by atomic mass is 9.84. The zero-order valence-corrected chi connectivity index (χ0v) is 20.6. The molecule has 7 heteroatoms. The van der Waals surface area contributed by atoms with Crippen molar-refractivity contribution in [3.05, 3.63) is 108 Å². The molecule has 0 heterocycles. The van der Waals surface area contributed by atoms with Crippen molar-refractivity contribution in [3.8, 4) is 0 Å². The Labute approximate surface area is 212 Å². The van der Waals surface area contributed by atoms with Crippen LogP contribution in [-0.2, 0) is 20.9 Å². The Morgan fingerprint density at radius 1 is 0.778 bits per heavy atom. The molecule has 0 bridgehead atoms. The molecule has 3 aromatic carbocycles. The average molecular weight is 488 g/mol. The molecule has 3 amide bonds. The van der Waals surface area contributed by atoms with Gasteiger partial charge in [-0.2, -0.15) is 0 Å². The predicted octanol–water partition coefficient (Wildman–Crippen LogP) is 4.13. The van der Waals surface area contributed by atoms with E-state index in [1.165, 1.54) is 0 Å². The number of hydrogen-bond donors (Lipinski definition) is 3. The molecule has 36 heavy (non-hydrogen) atoms. The fourth-order valence-corrected chi connectivity index (χ4v) is 4.08. The molecule has 0 saturated carbocycles. The van der Waals surface area contributed by atoms with E-state index in [0.717, 1.165) is 16.7 Å². The van der Waals surface area contributed by atoms with E-state index in [0.29, 0.717) is 6.42 Å². The maximum absolute atomic E-state index is 13.4. The van der Waals surface area contributed by atoms with Crippen LogP contribution in [0, 0.1) is 5.92 Å². The third-order valence-electron chi connectivity index (χ3n) is 5.78. The minimum atomic E-state index is -1.03. The molecule has 0 fully saturated rings. The van der Waals surface area contributed by atoms with E-state index < -0.39 is 35.9 Å². The molecule has 0 radical (unpaired) electrons. The summed E-state index contributed by atoms with van der Waals surface area (Å²) < 4.78 is 5.31. The van der Waals surface area contributed by atoms with Crippen molar-refractivity contribution in [3.63, 3.8) is 0 Å². The van der Waals surface area contributed by atoms with Gasteiger partial charge in [0, 0.05) is 5.92 Å². The molecular formula is C29H33N3O4. The van der Waals surface area contributed by atoms with Crippen LogP contribution in [0.1, 0.15) is 42.9 Å². The van der Waals surface area contributed by atoms with Crippen LogP contribution in [-0.4, -0.2) is 30.0 Å². The second kappa shape index (κ2) is 13.1. The standard InChI is InChI=1S/C29H33N3O4/c1-20(2)18-24(31-29(35)36-19-21-12-6-3-7-13-21)28(34)32-26(27(30)33)25(22-14-8-4-9-15-22)23-16-10-5-11-17-23/h3-17,20,24-26H,18-19H2,1-2H3,(H2,30,33)(H,31,35)(H,32,34)/t24-,26-/m0/s1. The highest BCUT2D eigenvalue weighted by atomic mass is 16.5.